The lowest BCUT2D eigenvalue weighted by Crippen LogP contribution is -2.25. The van der Waals surface area contributed by atoms with Crippen LogP contribution in [0.3, 0.4) is 0 Å². The summed E-state index contributed by atoms with van der Waals surface area (Å²) >= 11 is 1.48. The number of thiazole rings is 1. The monoisotopic (exact) mass is 363 g/mol. The standard InChI is InChI=1S/C17H25N5O2S/c1-11(2)8-13(18)14-10-25-17(21-14)22-15-5-4-12(9-20-15)16(24)19-6-3-7-23/h4-5,9-11,13,23H,3,6-8,18H2,1-2H3,(H,19,24)(H,20,21,22). The maximum absolute atomic E-state index is 11.9. The Hall–Kier alpha value is -2.03. The average molecular weight is 363 g/mol. The third-order valence-electron chi connectivity index (χ3n) is 3.51. The molecule has 1 atom stereocenters. The first-order chi connectivity index (χ1) is 12.0. The number of nitrogens with one attached hydrogen (secondary N) is 2. The van der Waals surface area contributed by atoms with E-state index in [2.05, 4.69) is 34.4 Å². The number of carbonyl (C=O) groups is 1. The Morgan fingerprint density at radius 3 is 2.84 bits per heavy atom. The highest BCUT2D eigenvalue weighted by Crippen LogP contribution is 2.25. The Balaban J connectivity index is 1.93. The van der Waals surface area contributed by atoms with Gasteiger partial charge in [-0.15, -0.1) is 11.3 Å². The topological polar surface area (TPSA) is 113 Å². The van der Waals surface area contributed by atoms with Crippen LogP contribution < -0.4 is 16.4 Å². The summed E-state index contributed by atoms with van der Waals surface area (Å²) in [7, 11) is 0. The van der Waals surface area contributed by atoms with Crippen LogP contribution in [-0.2, 0) is 0 Å². The Morgan fingerprint density at radius 1 is 1.40 bits per heavy atom. The van der Waals surface area contributed by atoms with Crippen molar-refractivity contribution in [3.8, 4) is 0 Å². The summed E-state index contributed by atoms with van der Waals surface area (Å²) in [5.74, 6) is 0.930. The lowest BCUT2D eigenvalue weighted by atomic mass is 10.0. The van der Waals surface area contributed by atoms with Gasteiger partial charge in [0, 0.05) is 30.8 Å². The number of anilines is 2. The first-order valence-electron chi connectivity index (χ1n) is 8.32. The van der Waals surface area contributed by atoms with Crippen LogP contribution in [0.2, 0.25) is 0 Å². The molecule has 5 N–H and O–H groups in total. The predicted octanol–water partition coefficient (Wildman–Crippen LogP) is 2.44. The van der Waals surface area contributed by atoms with E-state index in [0.29, 0.717) is 30.3 Å². The molecule has 0 aromatic carbocycles. The van der Waals surface area contributed by atoms with Crippen LogP contribution in [0.25, 0.3) is 0 Å². The number of carbonyl (C=O) groups excluding carboxylic acids is 1. The summed E-state index contributed by atoms with van der Waals surface area (Å²) in [6, 6.07) is 3.36. The van der Waals surface area contributed by atoms with Gasteiger partial charge in [0.25, 0.3) is 5.91 Å². The second-order valence-electron chi connectivity index (χ2n) is 6.20. The maximum Gasteiger partial charge on any atom is 0.252 e. The molecule has 2 aromatic rings. The number of aliphatic hydroxyl groups is 1. The summed E-state index contributed by atoms with van der Waals surface area (Å²) < 4.78 is 0. The number of aliphatic hydroxyl groups excluding tert-OH is 1. The summed E-state index contributed by atoms with van der Waals surface area (Å²) in [4.78, 5) is 20.6. The smallest absolute Gasteiger partial charge is 0.252 e. The van der Waals surface area contributed by atoms with Crippen LogP contribution >= 0.6 is 11.3 Å². The van der Waals surface area contributed by atoms with Crippen LogP contribution in [-0.4, -0.2) is 34.1 Å². The van der Waals surface area contributed by atoms with E-state index < -0.39 is 0 Å². The molecule has 0 saturated carbocycles. The van der Waals surface area contributed by atoms with Crippen LogP contribution in [0.4, 0.5) is 10.9 Å². The number of pyridine rings is 1. The minimum absolute atomic E-state index is 0.0536. The first-order valence-corrected chi connectivity index (χ1v) is 9.20. The second kappa shape index (κ2) is 9.45. The van der Waals surface area contributed by atoms with E-state index in [1.807, 2.05) is 5.38 Å². The third kappa shape index (κ3) is 6.08. The Morgan fingerprint density at radius 2 is 2.20 bits per heavy atom. The number of amides is 1. The fraction of sp³-hybridized carbons (Fsp3) is 0.471. The summed E-state index contributed by atoms with van der Waals surface area (Å²) in [6.07, 6.45) is 2.93. The normalized spacial score (nSPS) is 12.2. The molecule has 0 bridgehead atoms. The van der Waals surface area contributed by atoms with E-state index in [1.54, 1.807) is 12.1 Å². The van der Waals surface area contributed by atoms with E-state index in [-0.39, 0.29) is 18.6 Å². The number of aromatic nitrogens is 2. The van der Waals surface area contributed by atoms with Crippen molar-refractivity contribution in [3.05, 3.63) is 35.0 Å². The first kappa shape index (κ1) is 19.3. The molecule has 7 nitrogen and oxygen atoms in total. The van der Waals surface area contributed by atoms with Crippen molar-refractivity contribution in [3.63, 3.8) is 0 Å². The van der Waals surface area contributed by atoms with Crippen molar-refractivity contribution in [2.75, 3.05) is 18.5 Å². The molecule has 0 saturated heterocycles. The van der Waals surface area contributed by atoms with Gasteiger partial charge in [0.15, 0.2) is 5.13 Å². The molecular formula is C17H25N5O2S. The molecule has 0 radical (unpaired) electrons. The van der Waals surface area contributed by atoms with Crippen LogP contribution in [0, 0.1) is 5.92 Å². The molecule has 8 heteroatoms. The zero-order chi connectivity index (χ0) is 18.2. The van der Waals surface area contributed by atoms with E-state index in [4.69, 9.17) is 10.8 Å². The predicted molar refractivity (Wildman–Crippen MR) is 100 cm³/mol. The maximum atomic E-state index is 11.9. The summed E-state index contributed by atoms with van der Waals surface area (Å²) in [6.45, 7) is 4.76. The van der Waals surface area contributed by atoms with Gasteiger partial charge in [0.05, 0.1) is 11.3 Å². The van der Waals surface area contributed by atoms with Gasteiger partial charge in [0.1, 0.15) is 5.82 Å². The van der Waals surface area contributed by atoms with Gasteiger partial charge >= 0.3 is 0 Å². The van der Waals surface area contributed by atoms with Crippen molar-refractivity contribution in [1.29, 1.82) is 0 Å². The molecule has 0 fully saturated rings. The van der Waals surface area contributed by atoms with Gasteiger partial charge in [-0.2, -0.15) is 0 Å². The molecule has 0 aliphatic rings. The van der Waals surface area contributed by atoms with E-state index in [0.717, 1.165) is 17.2 Å². The second-order valence-corrected chi connectivity index (χ2v) is 7.06. The van der Waals surface area contributed by atoms with Crippen molar-refractivity contribution < 1.29 is 9.90 Å². The van der Waals surface area contributed by atoms with Gasteiger partial charge in [0.2, 0.25) is 0 Å². The number of rotatable bonds is 9. The fourth-order valence-corrected chi connectivity index (χ4v) is 3.02. The van der Waals surface area contributed by atoms with Crippen molar-refractivity contribution in [1.82, 2.24) is 15.3 Å². The van der Waals surface area contributed by atoms with Crippen molar-refractivity contribution >= 4 is 28.2 Å². The number of hydrogen-bond donors (Lipinski definition) is 4. The minimum atomic E-state index is -0.205. The van der Waals surface area contributed by atoms with E-state index in [9.17, 15) is 4.79 Å². The van der Waals surface area contributed by atoms with E-state index >= 15 is 0 Å². The molecule has 25 heavy (non-hydrogen) atoms. The highest BCUT2D eigenvalue weighted by Gasteiger charge is 2.13. The molecule has 2 rings (SSSR count). The van der Waals surface area contributed by atoms with Gasteiger partial charge in [-0.25, -0.2) is 9.97 Å². The van der Waals surface area contributed by atoms with Crippen molar-refractivity contribution in [2.24, 2.45) is 11.7 Å². The Kier molecular flexibility index (Phi) is 7.30. The Labute approximate surface area is 151 Å². The lowest BCUT2D eigenvalue weighted by molar-refractivity contribution is 0.0951. The average Bonchev–Trinajstić information content (AvgIpc) is 3.04. The molecule has 0 spiro atoms. The zero-order valence-corrected chi connectivity index (χ0v) is 15.3. The SMILES string of the molecule is CC(C)CC(N)c1csc(Nc2ccc(C(=O)NCCCO)cn2)n1. The molecule has 1 amide bonds. The Bertz CT molecular complexity index is 672. The highest BCUT2D eigenvalue weighted by molar-refractivity contribution is 7.13. The van der Waals surface area contributed by atoms with E-state index in [1.165, 1.54) is 17.5 Å². The quantitative estimate of drug-likeness (QED) is 0.509. The molecule has 0 aliphatic carbocycles. The van der Waals surface area contributed by atoms with Crippen LogP contribution in [0.5, 0.6) is 0 Å². The van der Waals surface area contributed by atoms with Crippen molar-refractivity contribution in [2.45, 2.75) is 32.7 Å². The lowest BCUT2D eigenvalue weighted by Gasteiger charge is -2.11. The largest absolute Gasteiger partial charge is 0.396 e. The van der Waals surface area contributed by atoms with Crippen LogP contribution in [0.15, 0.2) is 23.7 Å². The third-order valence-corrected chi connectivity index (χ3v) is 4.28. The van der Waals surface area contributed by atoms with Gasteiger partial charge in [-0.05, 0) is 30.9 Å². The highest BCUT2D eigenvalue weighted by atomic mass is 32.1. The minimum Gasteiger partial charge on any atom is -0.396 e. The number of nitrogens with two attached hydrogens (primary N) is 1. The zero-order valence-electron chi connectivity index (χ0n) is 14.5. The molecular weight excluding hydrogens is 338 g/mol. The molecule has 2 heterocycles. The van der Waals surface area contributed by atoms with Gasteiger partial charge in [-0.3, -0.25) is 4.79 Å². The summed E-state index contributed by atoms with van der Waals surface area (Å²) in [5.41, 5.74) is 7.50. The molecule has 2 aromatic heterocycles. The van der Waals surface area contributed by atoms with Gasteiger partial charge in [-0.1, -0.05) is 13.8 Å². The fourth-order valence-electron chi connectivity index (χ4n) is 2.24. The number of nitrogens with zero attached hydrogens (tertiary/aromatic N) is 2. The summed E-state index contributed by atoms with van der Waals surface area (Å²) in [5, 5.41) is 17.2. The molecule has 0 aliphatic heterocycles. The number of hydrogen-bond acceptors (Lipinski definition) is 7. The molecule has 136 valence electrons. The molecule has 1 unspecified atom stereocenters. The van der Waals surface area contributed by atoms with Gasteiger partial charge < -0.3 is 21.5 Å². The van der Waals surface area contributed by atoms with Crippen LogP contribution in [0.1, 0.15) is 48.8 Å².